The predicted molar refractivity (Wildman–Crippen MR) is 104 cm³/mol. The Morgan fingerprint density at radius 1 is 1.04 bits per heavy atom. The summed E-state index contributed by atoms with van der Waals surface area (Å²) < 4.78 is 5.54. The molecule has 0 aliphatic rings. The van der Waals surface area contributed by atoms with Crippen molar-refractivity contribution < 1.29 is 0 Å². The van der Waals surface area contributed by atoms with Crippen LogP contribution in [0.4, 0.5) is 0 Å². The van der Waals surface area contributed by atoms with Crippen LogP contribution in [0, 0.1) is 0 Å². The van der Waals surface area contributed by atoms with Crippen molar-refractivity contribution in [2.24, 2.45) is 7.05 Å². The number of hydrogen-bond donors (Lipinski definition) is 0. The van der Waals surface area contributed by atoms with E-state index >= 15 is 0 Å². The fourth-order valence-electron chi connectivity index (χ4n) is 2.84. The Bertz CT molecular complexity index is 1070. The molecular weight excluding hydrogens is 384 g/mol. The second-order valence-electron chi connectivity index (χ2n) is 5.66. The van der Waals surface area contributed by atoms with Crippen molar-refractivity contribution in [3.05, 3.63) is 61.0 Å². The summed E-state index contributed by atoms with van der Waals surface area (Å²) in [6.45, 7) is 4.46. The van der Waals surface area contributed by atoms with Crippen LogP contribution >= 0.6 is 15.9 Å². The van der Waals surface area contributed by atoms with E-state index < -0.39 is 0 Å². The molecule has 0 spiro atoms. The van der Waals surface area contributed by atoms with E-state index in [1.54, 1.807) is 18.5 Å². The van der Waals surface area contributed by atoms with Crippen LogP contribution in [0.15, 0.2) is 38.3 Å². The van der Waals surface area contributed by atoms with E-state index in [-0.39, 0.29) is 11.2 Å². The van der Waals surface area contributed by atoms with Crippen molar-refractivity contribution >= 4 is 39.2 Å². The summed E-state index contributed by atoms with van der Waals surface area (Å²) in [4.78, 5) is 29.6. The van der Waals surface area contributed by atoms with Crippen LogP contribution in [-0.4, -0.2) is 18.7 Å². The number of fused-ring (bicyclic) bond motifs is 1. The fourth-order valence-corrected chi connectivity index (χ4v) is 3.10. The standard InChI is InChI=1S/C18H19BrN4O2/c1-4-22-16-15(17(24)23(5-2)18(22)25)21(3)14(20-16)11-8-12-6-9-13(19)10-7-12/h6-11H,4-5H2,1-3H3. The van der Waals surface area contributed by atoms with E-state index in [1.807, 2.05) is 43.3 Å². The highest BCUT2D eigenvalue weighted by Gasteiger charge is 2.17. The summed E-state index contributed by atoms with van der Waals surface area (Å²) >= 11 is 3.41. The molecule has 2 heterocycles. The van der Waals surface area contributed by atoms with Crippen molar-refractivity contribution in [3.8, 4) is 0 Å². The first kappa shape index (κ1) is 17.4. The number of aromatic nitrogens is 4. The van der Waals surface area contributed by atoms with Gasteiger partial charge in [0.25, 0.3) is 5.56 Å². The molecule has 2 aromatic heterocycles. The van der Waals surface area contributed by atoms with E-state index in [0.717, 1.165) is 10.0 Å². The van der Waals surface area contributed by atoms with Crippen molar-refractivity contribution in [1.29, 1.82) is 0 Å². The summed E-state index contributed by atoms with van der Waals surface area (Å²) in [5, 5.41) is 0. The molecule has 6 nitrogen and oxygen atoms in total. The summed E-state index contributed by atoms with van der Waals surface area (Å²) in [7, 11) is 1.79. The van der Waals surface area contributed by atoms with Crippen molar-refractivity contribution in [3.63, 3.8) is 0 Å². The van der Waals surface area contributed by atoms with Crippen molar-refractivity contribution in [2.75, 3.05) is 0 Å². The molecular formula is C18H19BrN4O2. The summed E-state index contributed by atoms with van der Waals surface area (Å²) in [6, 6.07) is 7.89. The molecule has 0 aliphatic carbocycles. The molecule has 0 saturated carbocycles. The number of imidazole rings is 1. The normalized spacial score (nSPS) is 11.7. The molecule has 3 rings (SSSR count). The van der Waals surface area contributed by atoms with Gasteiger partial charge in [0, 0.05) is 24.6 Å². The number of benzene rings is 1. The maximum atomic E-state index is 12.7. The van der Waals surface area contributed by atoms with Gasteiger partial charge in [-0.15, -0.1) is 0 Å². The minimum Gasteiger partial charge on any atom is -0.322 e. The zero-order valence-electron chi connectivity index (χ0n) is 14.4. The number of rotatable bonds is 4. The molecule has 0 atom stereocenters. The lowest BCUT2D eigenvalue weighted by Crippen LogP contribution is -2.39. The van der Waals surface area contributed by atoms with Crippen LogP contribution in [0.2, 0.25) is 0 Å². The van der Waals surface area contributed by atoms with Gasteiger partial charge in [-0.2, -0.15) is 0 Å². The smallest absolute Gasteiger partial charge is 0.322 e. The summed E-state index contributed by atoms with van der Waals surface area (Å²) in [5.41, 5.74) is 1.28. The highest BCUT2D eigenvalue weighted by atomic mass is 79.9. The first-order valence-corrected chi connectivity index (χ1v) is 8.91. The zero-order chi connectivity index (χ0) is 18.1. The molecule has 25 heavy (non-hydrogen) atoms. The minimum absolute atomic E-state index is 0.300. The van der Waals surface area contributed by atoms with Crippen LogP contribution in [0.5, 0.6) is 0 Å². The van der Waals surface area contributed by atoms with Crippen molar-refractivity contribution in [2.45, 2.75) is 26.9 Å². The lowest BCUT2D eigenvalue weighted by molar-refractivity contribution is 0.604. The van der Waals surface area contributed by atoms with Crippen LogP contribution in [-0.2, 0) is 20.1 Å². The van der Waals surface area contributed by atoms with Gasteiger partial charge in [-0.3, -0.25) is 13.9 Å². The van der Waals surface area contributed by atoms with Gasteiger partial charge in [0.05, 0.1) is 0 Å². The van der Waals surface area contributed by atoms with Gasteiger partial charge in [-0.25, -0.2) is 9.78 Å². The first-order chi connectivity index (χ1) is 12.0. The number of nitrogens with zero attached hydrogens (tertiary/aromatic N) is 4. The number of halogens is 1. The average Bonchev–Trinajstić information content (AvgIpc) is 2.92. The van der Waals surface area contributed by atoms with Crippen LogP contribution < -0.4 is 11.2 Å². The second-order valence-corrected chi connectivity index (χ2v) is 6.58. The quantitative estimate of drug-likeness (QED) is 0.673. The monoisotopic (exact) mass is 402 g/mol. The van der Waals surface area contributed by atoms with E-state index in [1.165, 1.54) is 9.13 Å². The largest absolute Gasteiger partial charge is 0.332 e. The van der Waals surface area contributed by atoms with Crippen LogP contribution in [0.1, 0.15) is 25.2 Å². The van der Waals surface area contributed by atoms with Gasteiger partial charge in [-0.1, -0.05) is 34.1 Å². The van der Waals surface area contributed by atoms with Crippen LogP contribution in [0.25, 0.3) is 23.3 Å². The Kier molecular flexibility index (Phi) is 4.76. The predicted octanol–water partition coefficient (Wildman–Crippen LogP) is 2.87. The second kappa shape index (κ2) is 6.84. The van der Waals surface area contributed by atoms with E-state index in [4.69, 9.17) is 0 Å². The Labute approximate surface area is 153 Å². The Morgan fingerprint density at radius 2 is 1.68 bits per heavy atom. The van der Waals surface area contributed by atoms with E-state index in [9.17, 15) is 9.59 Å². The van der Waals surface area contributed by atoms with Crippen LogP contribution in [0.3, 0.4) is 0 Å². The molecule has 0 aliphatic heterocycles. The lowest BCUT2D eigenvalue weighted by atomic mass is 10.2. The van der Waals surface area contributed by atoms with Gasteiger partial charge in [0.1, 0.15) is 5.82 Å². The summed E-state index contributed by atoms with van der Waals surface area (Å²) in [6.07, 6.45) is 3.78. The maximum Gasteiger partial charge on any atom is 0.332 e. The molecule has 0 N–H and O–H groups in total. The molecule has 130 valence electrons. The third-order valence-corrected chi connectivity index (χ3v) is 4.73. The fraction of sp³-hybridized carbons (Fsp3) is 0.278. The highest BCUT2D eigenvalue weighted by Crippen LogP contribution is 2.15. The number of aryl methyl sites for hydroxylation is 2. The molecule has 0 unspecified atom stereocenters. The maximum absolute atomic E-state index is 12.7. The van der Waals surface area contributed by atoms with Crippen molar-refractivity contribution in [1.82, 2.24) is 18.7 Å². The molecule has 3 aromatic rings. The van der Waals surface area contributed by atoms with E-state index in [0.29, 0.717) is 30.1 Å². The third-order valence-electron chi connectivity index (χ3n) is 4.20. The SMILES string of the molecule is CCn1c(=O)c2c(nc(C=Cc3ccc(Br)cc3)n2C)n(CC)c1=O. The van der Waals surface area contributed by atoms with Gasteiger partial charge >= 0.3 is 5.69 Å². The molecule has 0 bridgehead atoms. The minimum atomic E-state index is -0.316. The topological polar surface area (TPSA) is 61.8 Å². The molecule has 0 amide bonds. The van der Waals surface area contributed by atoms with E-state index in [2.05, 4.69) is 20.9 Å². The highest BCUT2D eigenvalue weighted by molar-refractivity contribution is 9.10. The zero-order valence-corrected chi connectivity index (χ0v) is 15.9. The molecule has 0 radical (unpaired) electrons. The molecule has 0 fully saturated rings. The van der Waals surface area contributed by atoms with Gasteiger partial charge in [0.15, 0.2) is 11.2 Å². The molecule has 1 aromatic carbocycles. The first-order valence-electron chi connectivity index (χ1n) is 8.11. The van der Waals surface area contributed by atoms with Gasteiger partial charge < -0.3 is 4.57 Å². The third kappa shape index (κ3) is 3.00. The number of hydrogen-bond acceptors (Lipinski definition) is 3. The summed E-state index contributed by atoms with van der Waals surface area (Å²) in [5.74, 6) is 0.630. The Hall–Kier alpha value is -2.41. The van der Waals surface area contributed by atoms with Gasteiger partial charge in [-0.05, 0) is 37.6 Å². The Balaban J connectivity index is 2.20. The Morgan fingerprint density at radius 3 is 2.28 bits per heavy atom. The molecule has 0 saturated heterocycles. The molecule has 7 heteroatoms. The van der Waals surface area contributed by atoms with Gasteiger partial charge in [0.2, 0.25) is 0 Å². The average molecular weight is 403 g/mol. The lowest BCUT2D eigenvalue weighted by Gasteiger charge is -2.08.